The Morgan fingerprint density at radius 3 is 2.32 bits per heavy atom. The molecule has 0 saturated heterocycles. The molecule has 3 N–H and O–H groups in total. The molecule has 0 atom stereocenters. The lowest BCUT2D eigenvalue weighted by Gasteiger charge is -2.10. The van der Waals surface area contributed by atoms with Gasteiger partial charge in [-0.25, -0.2) is 14.3 Å². The summed E-state index contributed by atoms with van der Waals surface area (Å²) in [5, 5.41) is 6.82. The van der Waals surface area contributed by atoms with E-state index in [4.69, 9.17) is 5.73 Å². The van der Waals surface area contributed by atoms with E-state index < -0.39 is 17.8 Å². The molecule has 25 heavy (non-hydrogen) atoms. The highest BCUT2D eigenvalue weighted by Crippen LogP contribution is 2.15. The molecule has 130 valence electrons. The number of nitrogens with zero attached hydrogens (tertiary/aromatic N) is 2. The summed E-state index contributed by atoms with van der Waals surface area (Å²) in [5.74, 6) is -2.03. The van der Waals surface area contributed by atoms with Crippen LogP contribution in [0.5, 0.6) is 0 Å². The Kier molecular flexibility index (Phi) is 5.51. The van der Waals surface area contributed by atoms with Crippen LogP contribution in [0.2, 0.25) is 0 Å². The number of nitrogens with one attached hydrogen (secondary N) is 1. The molecule has 1 aromatic carbocycles. The van der Waals surface area contributed by atoms with Gasteiger partial charge in [-0.05, 0) is 30.3 Å². The van der Waals surface area contributed by atoms with Crippen molar-refractivity contribution < 1.29 is 23.9 Å². The van der Waals surface area contributed by atoms with Gasteiger partial charge in [-0.3, -0.25) is 4.79 Å². The van der Waals surface area contributed by atoms with Crippen molar-refractivity contribution in [2.45, 2.75) is 0 Å². The zero-order valence-electron chi connectivity index (χ0n) is 13.6. The third-order valence-electron chi connectivity index (χ3n) is 3.12. The first-order valence-corrected chi connectivity index (χ1v) is 7.05. The largest absolute Gasteiger partial charge is 0.466 e. The first kappa shape index (κ1) is 17.7. The van der Waals surface area contributed by atoms with E-state index in [1.165, 1.54) is 25.0 Å². The molecule has 0 bridgehead atoms. The van der Waals surface area contributed by atoms with Crippen LogP contribution in [0.4, 0.5) is 5.69 Å². The fourth-order valence-corrected chi connectivity index (χ4v) is 1.88. The predicted octanol–water partition coefficient (Wildman–Crippen LogP) is 0.613. The standard InChI is InChI=1S/C16H16N4O5/c1-24-14(21)9-13(16(23)25-2)18-10-3-5-11(6-4-10)20-8-7-12(19-20)15(17)22/h3-9,18H,1-2H3,(H2,17,22)/b13-9+. The fourth-order valence-electron chi connectivity index (χ4n) is 1.88. The molecular formula is C16H16N4O5. The second-order valence-electron chi connectivity index (χ2n) is 4.75. The van der Waals surface area contributed by atoms with E-state index in [0.717, 1.165) is 6.08 Å². The number of carbonyl (C=O) groups excluding carboxylic acids is 3. The van der Waals surface area contributed by atoms with Gasteiger partial charge in [-0.1, -0.05) is 0 Å². The van der Waals surface area contributed by atoms with Gasteiger partial charge in [0, 0.05) is 11.9 Å². The highest BCUT2D eigenvalue weighted by molar-refractivity contribution is 5.98. The van der Waals surface area contributed by atoms with Crippen LogP contribution < -0.4 is 11.1 Å². The Morgan fingerprint density at radius 1 is 1.12 bits per heavy atom. The van der Waals surface area contributed by atoms with Crippen molar-refractivity contribution in [2.75, 3.05) is 19.5 Å². The van der Waals surface area contributed by atoms with Crippen LogP contribution in [0, 0.1) is 0 Å². The number of rotatable bonds is 6. The molecular weight excluding hydrogens is 328 g/mol. The predicted molar refractivity (Wildman–Crippen MR) is 87.8 cm³/mol. The molecule has 2 aromatic rings. The lowest BCUT2D eigenvalue weighted by Crippen LogP contribution is -2.15. The highest BCUT2D eigenvalue weighted by Gasteiger charge is 2.13. The number of benzene rings is 1. The van der Waals surface area contributed by atoms with Gasteiger partial charge in [0.2, 0.25) is 0 Å². The van der Waals surface area contributed by atoms with Crippen LogP contribution >= 0.6 is 0 Å². The summed E-state index contributed by atoms with van der Waals surface area (Å²) in [7, 11) is 2.40. The van der Waals surface area contributed by atoms with E-state index in [-0.39, 0.29) is 11.4 Å². The Balaban J connectivity index is 2.20. The minimum absolute atomic E-state index is 0.0720. The topological polar surface area (TPSA) is 126 Å². The van der Waals surface area contributed by atoms with Gasteiger partial charge in [-0.2, -0.15) is 5.10 Å². The van der Waals surface area contributed by atoms with E-state index in [0.29, 0.717) is 11.4 Å². The number of hydrogen-bond donors (Lipinski definition) is 2. The van der Waals surface area contributed by atoms with Crippen molar-refractivity contribution in [2.24, 2.45) is 5.73 Å². The number of primary amides is 1. The van der Waals surface area contributed by atoms with Crippen molar-refractivity contribution in [1.82, 2.24) is 9.78 Å². The maximum atomic E-state index is 11.7. The second-order valence-corrected chi connectivity index (χ2v) is 4.75. The van der Waals surface area contributed by atoms with Crippen LogP contribution in [0.15, 0.2) is 48.3 Å². The van der Waals surface area contributed by atoms with Crippen LogP contribution in [-0.2, 0) is 19.1 Å². The molecule has 0 saturated carbocycles. The number of carbonyl (C=O) groups is 3. The lowest BCUT2D eigenvalue weighted by molar-refractivity contribution is -0.138. The molecule has 0 spiro atoms. The number of aromatic nitrogens is 2. The monoisotopic (exact) mass is 344 g/mol. The van der Waals surface area contributed by atoms with Crippen LogP contribution in [0.1, 0.15) is 10.5 Å². The number of esters is 2. The zero-order chi connectivity index (χ0) is 18.4. The van der Waals surface area contributed by atoms with Crippen molar-refractivity contribution >= 4 is 23.5 Å². The quantitative estimate of drug-likeness (QED) is 0.581. The molecule has 9 nitrogen and oxygen atoms in total. The minimum Gasteiger partial charge on any atom is -0.466 e. The first-order valence-electron chi connectivity index (χ1n) is 7.05. The molecule has 0 aliphatic rings. The van der Waals surface area contributed by atoms with Crippen molar-refractivity contribution in [3.8, 4) is 5.69 Å². The summed E-state index contributed by atoms with van der Waals surface area (Å²) in [5.41, 5.74) is 6.45. The molecule has 0 unspecified atom stereocenters. The third kappa shape index (κ3) is 4.44. The smallest absolute Gasteiger partial charge is 0.354 e. The van der Waals surface area contributed by atoms with Crippen LogP contribution in [-0.4, -0.2) is 41.8 Å². The maximum absolute atomic E-state index is 11.7. The van der Waals surface area contributed by atoms with Gasteiger partial charge >= 0.3 is 11.9 Å². The maximum Gasteiger partial charge on any atom is 0.354 e. The van der Waals surface area contributed by atoms with E-state index >= 15 is 0 Å². The van der Waals surface area contributed by atoms with E-state index in [9.17, 15) is 14.4 Å². The summed E-state index contributed by atoms with van der Waals surface area (Å²) >= 11 is 0. The van der Waals surface area contributed by atoms with Gasteiger partial charge in [0.05, 0.1) is 26.0 Å². The average Bonchev–Trinajstić information content (AvgIpc) is 3.11. The second kappa shape index (κ2) is 7.77. The molecule has 9 heteroatoms. The Hall–Kier alpha value is -3.62. The lowest BCUT2D eigenvalue weighted by atomic mass is 10.2. The number of amides is 1. The molecule has 0 fully saturated rings. The van der Waals surface area contributed by atoms with E-state index in [2.05, 4.69) is 19.9 Å². The number of ether oxygens (including phenoxy) is 2. The summed E-state index contributed by atoms with van der Waals surface area (Å²) in [6.45, 7) is 0. The molecule has 1 heterocycles. The first-order chi connectivity index (χ1) is 11.9. The van der Waals surface area contributed by atoms with Gasteiger partial charge in [0.15, 0.2) is 0 Å². The van der Waals surface area contributed by atoms with Gasteiger partial charge in [-0.15, -0.1) is 0 Å². The highest BCUT2D eigenvalue weighted by atomic mass is 16.5. The normalized spacial score (nSPS) is 10.9. The summed E-state index contributed by atoms with van der Waals surface area (Å²) in [4.78, 5) is 34.1. The number of anilines is 1. The zero-order valence-corrected chi connectivity index (χ0v) is 13.6. The van der Waals surface area contributed by atoms with Crippen molar-refractivity contribution in [3.63, 3.8) is 0 Å². The summed E-state index contributed by atoms with van der Waals surface area (Å²) in [6.07, 6.45) is 2.59. The van der Waals surface area contributed by atoms with Crippen molar-refractivity contribution in [3.05, 3.63) is 54.0 Å². The average molecular weight is 344 g/mol. The van der Waals surface area contributed by atoms with Crippen LogP contribution in [0.3, 0.4) is 0 Å². The third-order valence-corrected chi connectivity index (χ3v) is 3.12. The molecule has 0 radical (unpaired) electrons. The number of hydrogen-bond acceptors (Lipinski definition) is 7. The summed E-state index contributed by atoms with van der Waals surface area (Å²) < 4.78 is 10.6. The van der Waals surface area contributed by atoms with Gasteiger partial charge < -0.3 is 20.5 Å². The number of nitrogens with two attached hydrogens (primary N) is 1. The molecule has 1 amide bonds. The Labute approximate surface area is 143 Å². The minimum atomic E-state index is -0.715. The fraction of sp³-hybridized carbons (Fsp3) is 0.125. The van der Waals surface area contributed by atoms with Gasteiger partial charge in [0.1, 0.15) is 11.4 Å². The Bertz CT molecular complexity index is 823. The van der Waals surface area contributed by atoms with Gasteiger partial charge in [0.25, 0.3) is 5.91 Å². The van der Waals surface area contributed by atoms with Crippen LogP contribution in [0.25, 0.3) is 5.69 Å². The van der Waals surface area contributed by atoms with Crippen molar-refractivity contribution in [1.29, 1.82) is 0 Å². The molecule has 0 aliphatic heterocycles. The van der Waals surface area contributed by atoms with E-state index in [1.807, 2.05) is 0 Å². The SMILES string of the molecule is COC(=O)/C=C(/Nc1ccc(-n2ccc(C(N)=O)n2)cc1)C(=O)OC. The molecule has 0 aliphatic carbocycles. The Morgan fingerprint density at radius 2 is 1.80 bits per heavy atom. The summed E-state index contributed by atoms with van der Waals surface area (Å²) in [6, 6.07) is 8.23. The number of methoxy groups -OCH3 is 2. The van der Waals surface area contributed by atoms with E-state index in [1.54, 1.807) is 30.5 Å². The molecule has 1 aromatic heterocycles. The molecule has 2 rings (SSSR count).